The van der Waals surface area contributed by atoms with Crippen LogP contribution in [0.5, 0.6) is 5.75 Å². The molecular formula is C16H21N5OS. The van der Waals surface area contributed by atoms with Gasteiger partial charge in [-0.3, -0.25) is 4.90 Å². The third-order valence-corrected chi connectivity index (χ3v) is 4.67. The third kappa shape index (κ3) is 3.51. The van der Waals surface area contributed by atoms with Crippen LogP contribution in [0.3, 0.4) is 0 Å². The van der Waals surface area contributed by atoms with Gasteiger partial charge in [0.25, 0.3) is 0 Å². The highest BCUT2D eigenvalue weighted by Crippen LogP contribution is 2.20. The molecular weight excluding hydrogens is 310 g/mol. The van der Waals surface area contributed by atoms with E-state index in [2.05, 4.69) is 34.0 Å². The van der Waals surface area contributed by atoms with Crippen LogP contribution in [-0.4, -0.2) is 37.8 Å². The highest BCUT2D eigenvalue weighted by Gasteiger charge is 2.14. The molecule has 0 saturated heterocycles. The van der Waals surface area contributed by atoms with Crippen LogP contribution < -0.4 is 4.74 Å². The number of aryl methyl sites for hydroxylation is 1. The van der Waals surface area contributed by atoms with E-state index in [1.165, 1.54) is 11.3 Å². The third-order valence-electron chi connectivity index (χ3n) is 3.80. The van der Waals surface area contributed by atoms with Crippen molar-refractivity contribution < 1.29 is 4.74 Å². The average molecular weight is 331 g/mol. The minimum Gasteiger partial charge on any atom is -0.486 e. The number of fused-ring (bicyclic) bond motifs is 1. The van der Waals surface area contributed by atoms with Crippen molar-refractivity contribution in [3.63, 3.8) is 0 Å². The second-order valence-electron chi connectivity index (χ2n) is 5.32. The van der Waals surface area contributed by atoms with E-state index in [-0.39, 0.29) is 0 Å². The lowest BCUT2D eigenvalue weighted by molar-refractivity contribution is 0.284. The van der Waals surface area contributed by atoms with Gasteiger partial charge in [0.2, 0.25) is 4.96 Å². The summed E-state index contributed by atoms with van der Waals surface area (Å²) < 4.78 is 7.69. The summed E-state index contributed by atoms with van der Waals surface area (Å²) in [5, 5.41) is 14.0. The number of rotatable bonds is 7. The number of benzene rings is 1. The van der Waals surface area contributed by atoms with Gasteiger partial charge in [-0.25, -0.2) is 0 Å². The summed E-state index contributed by atoms with van der Waals surface area (Å²) in [5.41, 5.74) is 1.12. The van der Waals surface area contributed by atoms with Crippen molar-refractivity contribution in [3.05, 3.63) is 40.7 Å². The zero-order valence-corrected chi connectivity index (χ0v) is 14.5. The highest BCUT2D eigenvalue weighted by molar-refractivity contribution is 7.16. The van der Waals surface area contributed by atoms with Crippen molar-refractivity contribution in [2.45, 2.75) is 33.9 Å². The van der Waals surface area contributed by atoms with Gasteiger partial charge in [0, 0.05) is 0 Å². The maximum Gasteiger partial charge on any atom is 0.234 e. The summed E-state index contributed by atoms with van der Waals surface area (Å²) in [6, 6.07) is 7.99. The SMILES string of the molecule is CCN(CC)Cc1nnc2sc(COc3ccccc3C)nn12. The predicted octanol–water partition coefficient (Wildman–Crippen LogP) is 2.92. The van der Waals surface area contributed by atoms with Crippen LogP contribution in [0.2, 0.25) is 0 Å². The Kier molecular flexibility index (Phi) is 4.88. The standard InChI is InChI=1S/C16H21N5OS/c1-4-20(5-2)10-14-17-18-16-21(14)19-15(23-16)11-22-13-9-7-6-8-12(13)3/h6-9H,4-5,10-11H2,1-3H3. The number of para-hydroxylation sites is 1. The van der Waals surface area contributed by atoms with Crippen LogP contribution in [-0.2, 0) is 13.2 Å². The summed E-state index contributed by atoms with van der Waals surface area (Å²) in [6.07, 6.45) is 0. The molecule has 0 aliphatic rings. The molecule has 6 nitrogen and oxygen atoms in total. The van der Waals surface area contributed by atoms with Gasteiger partial charge in [0.05, 0.1) is 6.54 Å². The summed E-state index contributed by atoms with van der Waals surface area (Å²) >= 11 is 1.52. The average Bonchev–Trinajstić information content (AvgIpc) is 3.13. The van der Waals surface area contributed by atoms with E-state index < -0.39 is 0 Å². The van der Waals surface area contributed by atoms with Crippen LogP contribution in [0.4, 0.5) is 0 Å². The molecule has 0 N–H and O–H groups in total. The number of hydrogen-bond acceptors (Lipinski definition) is 6. The fraction of sp³-hybridized carbons (Fsp3) is 0.438. The van der Waals surface area contributed by atoms with E-state index in [4.69, 9.17) is 4.74 Å². The Hall–Kier alpha value is -1.99. The van der Waals surface area contributed by atoms with Gasteiger partial charge < -0.3 is 4.74 Å². The molecule has 7 heteroatoms. The predicted molar refractivity (Wildman–Crippen MR) is 90.8 cm³/mol. The molecule has 3 aromatic rings. The maximum absolute atomic E-state index is 5.86. The van der Waals surface area contributed by atoms with Gasteiger partial charge in [0.1, 0.15) is 12.4 Å². The molecule has 23 heavy (non-hydrogen) atoms. The topological polar surface area (TPSA) is 55.5 Å². The van der Waals surface area contributed by atoms with Crippen LogP contribution in [0, 0.1) is 6.92 Å². The van der Waals surface area contributed by atoms with Crippen molar-refractivity contribution in [3.8, 4) is 5.75 Å². The Balaban J connectivity index is 1.73. The van der Waals surface area contributed by atoms with Crippen molar-refractivity contribution in [1.29, 1.82) is 0 Å². The summed E-state index contributed by atoms with van der Waals surface area (Å²) in [5.74, 6) is 1.77. The van der Waals surface area contributed by atoms with E-state index in [0.29, 0.717) is 6.61 Å². The zero-order valence-electron chi connectivity index (χ0n) is 13.7. The fourth-order valence-corrected chi connectivity index (χ4v) is 3.12. The normalized spacial score (nSPS) is 11.5. The number of hydrogen-bond donors (Lipinski definition) is 0. The summed E-state index contributed by atoms with van der Waals surface area (Å²) in [6.45, 7) is 9.50. The van der Waals surface area contributed by atoms with Crippen molar-refractivity contribution in [2.75, 3.05) is 13.1 Å². The zero-order chi connectivity index (χ0) is 16.2. The monoisotopic (exact) mass is 331 g/mol. The van der Waals surface area contributed by atoms with Gasteiger partial charge >= 0.3 is 0 Å². The summed E-state index contributed by atoms with van der Waals surface area (Å²) in [4.78, 5) is 3.11. The van der Waals surface area contributed by atoms with Crippen LogP contribution in [0.1, 0.15) is 30.2 Å². The second kappa shape index (κ2) is 7.06. The molecule has 0 unspecified atom stereocenters. The molecule has 2 aromatic heterocycles. The largest absolute Gasteiger partial charge is 0.486 e. The lowest BCUT2D eigenvalue weighted by atomic mass is 10.2. The first-order valence-corrected chi connectivity index (χ1v) is 8.63. The Labute approximate surface area is 139 Å². The number of ether oxygens (including phenoxy) is 1. The van der Waals surface area contributed by atoms with Crippen molar-refractivity contribution in [1.82, 2.24) is 24.7 Å². The quantitative estimate of drug-likeness (QED) is 0.666. The Morgan fingerprint density at radius 3 is 2.70 bits per heavy atom. The molecule has 0 bridgehead atoms. The molecule has 3 rings (SSSR count). The van der Waals surface area contributed by atoms with Crippen LogP contribution in [0.15, 0.2) is 24.3 Å². The molecule has 1 aromatic carbocycles. The summed E-state index contributed by atoms with van der Waals surface area (Å²) in [7, 11) is 0. The van der Waals surface area contributed by atoms with Gasteiger partial charge in [-0.05, 0) is 31.6 Å². The van der Waals surface area contributed by atoms with Gasteiger partial charge in [-0.15, -0.1) is 10.2 Å². The lowest BCUT2D eigenvalue weighted by Gasteiger charge is -2.15. The molecule has 122 valence electrons. The number of aromatic nitrogens is 4. The molecule has 2 heterocycles. The Bertz CT molecular complexity index is 778. The van der Waals surface area contributed by atoms with E-state index in [0.717, 1.165) is 46.7 Å². The van der Waals surface area contributed by atoms with Crippen molar-refractivity contribution >= 4 is 16.3 Å². The molecule has 0 amide bonds. The lowest BCUT2D eigenvalue weighted by Crippen LogP contribution is -2.23. The van der Waals surface area contributed by atoms with Crippen LogP contribution >= 0.6 is 11.3 Å². The molecule has 0 spiro atoms. The molecule has 0 aliphatic carbocycles. The minimum absolute atomic E-state index is 0.448. The number of nitrogens with zero attached hydrogens (tertiary/aromatic N) is 5. The maximum atomic E-state index is 5.86. The fourth-order valence-electron chi connectivity index (χ4n) is 2.36. The first-order chi connectivity index (χ1) is 11.2. The van der Waals surface area contributed by atoms with Crippen LogP contribution in [0.25, 0.3) is 4.96 Å². The van der Waals surface area contributed by atoms with E-state index >= 15 is 0 Å². The molecule has 0 radical (unpaired) electrons. The Morgan fingerprint density at radius 2 is 1.96 bits per heavy atom. The van der Waals surface area contributed by atoms with Gasteiger partial charge in [0.15, 0.2) is 10.8 Å². The first-order valence-electron chi connectivity index (χ1n) is 7.82. The highest BCUT2D eigenvalue weighted by atomic mass is 32.1. The second-order valence-corrected chi connectivity index (χ2v) is 6.36. The molecule has 0 saturated carbocycles. The van der Waals surface area contributed by atoms with E-state index in [1.807, 2.05) is 35.7 Å². The smallest absolute Gasteiger partial charge is 0.234 e. The van der Waals surface area contributed by atoms with E-state index in [9.17, 15) is 0 Å². The van der Waals surface area contributed by atoms with Gasteiger partial charge in [-0.2, -0.15) is 9.61 Å². The minimum atomic E-state index is 0.448. The molecule has 0 fully saturated rings. The first kappa shape index (κ1) is 15.9. The van der Waals surface area contributed by atoms with E-state index in [1.54, 1.807) is 0 Å². The van der Waals surface area contributed by atoms with Crippen molar-refractivity contribution in [2.24, 2.45) is 0 Å². The molecule has 0 atom stereocenters. The Morgan fingerprint density at radius 1 is 1.17 bits per heavy atom. The molecule has 0 aliphatic heterocycles. The van der Waals surface area contributed by atoms with Gasteiger partial charge in [-0.1, -0.05) is 43.4 Å².